The van der Waals surface area contributed by atoms with Crippen LogP contribution in [0.25, 0.3) is 0 Å². The number of hydrogen-bond donors (Lipinski definition) is 1. The number of rotatable bonds is 4. The zero-order valence-corrected chi connectivity index (χ0v) is 11.7. The van der Waals surface area contributed by atoms with Crippen molar-refractivity contribution in [1.29, 1.82) is 0 Å². The Labute approximate surface area is 113 Å². The van der Waals surface area contributed by atoms with Crippen molar-refractivity contribution in [2.45, 2.75) is 26.5 Å². The number of pyridine rings is 1. The summed E-state index contributed by atoms with van der Waals surface area (Å²) in [6.45, 7) is 8.34. The number of nitrogens with zero attached hydrogens (tertiary/aromatic N) is 2. The van der Waals surface area contributed by atoms with Crippen LogP contribution >= 0.6 is 11.6 Å². The van der Waals surface area contributed by atoms with E-state index < -0.39 is 0 Å². The Morgan fingerprint density at radius 1 is 1.61 bits per heavy atom. The molecule has 1 unspecified atom stereocenters. The van der Waals surface area contributed by atoms with Crippen molar-refractivity contribution < 1.29 is 4.74 Å². The highest BCUT2D eigenvalue weighted by molar-refractivity contribution is 6.33. The van der Waals surface area contributed by atoms with Gasteiger partial charge in [0.2, 0.25) is 0 Å². The molecule has 0 saturated carbocycles. The van der Waals surface area contributed by atoms with Crippen molar-refractivity contribution in [1.82, 2.24) is 10.3 Å². The van der Waals surface area contributed by atoms with Crippen LogP contribution < -0.4 is 10.2 Å². The molecule has 1 saturated heterocycles. The quantitative estimate of drug-likeness (QED) is 0.908. The summed E-state index contributed by atoms with van der Waals surface area (Å²) in [6, 6.07) is 1.99. The first-order valence-electron chi connectivity index (χ1n) is 6.42. The predicted octanol–water partition coefficient (Wildman–Crippen LogP) is 2.07. The Kier molecular flexibility index (Phi) is 4.80. The van der Waals surface area contributed by atoms with E-state index in [2.05, 4.69) is 29.0 Å². The molecule has 100 valence electrons. The van der Waals surface area contributed by atoms with E-state index in [-0.39, 0.29) is 6.10 Å². The number of hydrogen-bond acceptors (Lipinski definition) is 4. The van der Waals surface area contributed by atoms with Gasteiger partial charge in [0, 0.05) is 25.8 Å². The van der Waals surface area contributed by atoms with E-state index in [0.29, 0.717) is 0 Å². The maximum Gasteiger partial charge on any atom is 0.147 e. The Hall–Kier alpha value is -0.840. The molecule has 2 rings (SSSR count). The second-order valence-corrected chi connectivity index (χ2v) is 4.96. The first-order valence-corrected chi connectivity index (χ1v) is 6.80. The molecule has 1 aliphatic heterocycles. The number of ether oxygens (including phenoxy) is 1. The van der Waals surface area contributed by atoms with E-state index in [1.54, 1.807) is 0 Å². The SMILES string of the molecule is CCNCc1cnc(N2CCOC(C)C2)c(Cl)c1. The van der Waals surface area contributed by atoms with Gasteiger partial charge in [0.15, 0.2) is 0 Å². The summed E-state index contributed by atoms with van der Waals surface area (Å²) in [5, 5.41) is 3.99. The molecule has 2 heterocycles. The topological polar surface area (TPSA) is 37.4 Å². The van der Waals surface area contributed by atoms with Crippen LogP contribution in [0.15, 0.2) is 12.3 Å². The molecule has 4 nitrogen and oxygen atoms in total. The van der Waals surface area contributed by atoms with Crippen LogP contribution in [-0.2, 0) is 11.3 Å². The smallest absolute Gasteiger partial charge is 0.147 e. The zero-order valence-electron chi connectivity index (χ0n) is 10.9. The number of nitrogens with one attached hydrogen (secondary N) is 1. The van der Waals surface area contributed by atoms with Gasteiger partial charge in [-0.05, 0) is 25.1 Å². The van der Waals surface area contributed by atoms with Crippen molar-refractivity contribution in [3.63, 3.8) is 0 Å². The van der Waals surface area contributed by atoms with Gasteiger partial charge in [0.25, 0.3) is 0 Å². The third-order valence-electron chi connectivity index (χ3n) is 3.00. The molecule has 1 atom stereocenters. The third-order valence-corrected chi connectivity index (χ3v) is 3.28. The van der Waals surface area contributed by atoms with Crippen molar-refractivity contribution >= 4 is 17.4 Å². The summed E-state index contributed by atoms with van der Waals surface area (Å²) < 4.78 is 5.52. The molecule has 0 amide bonds. The molecule has 0 bridgehead atoms. The normalized spacial score (nSPS) is 20.2. The van der Waals surface area contributed by atoms with Crippen LogP contribution in [0, 0.1) is 0 Å². The van der Waals surface area contributed by atoms with Gasteiger partial charge >= 0.3 is 0 Å². The van der Waals surface area contributed by atoms with Crippen LogP contribution in [0.5, 0.6) is 0 Å². The molecule has 1 N–H and O–H groups in total. The maximum atomic E-state index is 6.32. The van der Waals surface area contributed by atoms with E-state index in [9.17, 15) is 0 Å². The van der Waals surface area contributed by atoms with E-state index in [1.807, 2.05) is 12.3 Å². The average molecular weight is 270 g/mol. The van der Waals surface area contributed by atoms with Gasteiger partial charge in [0.05, 0.1) is 17.7 Å². The van der Waals surface area contributed by atoms with Crippen molar-refractivity contribution in [2.75, 3.05) is 31.1 Å². The molecule has 0 radical (unpaired) electrons. The highest BCUT2D eigenvalue weighted by atomic mass is 35.5. The summed E-state index contributed by atoms with van der Waals surface area (Å²) >= 11 is 6.32. The number of halogens is 1. The van der Waals surface area contributed by atoms with Gasteiger partial charge in [0.1, 0.15) is 5.82 Å². The number of anilines is 1. The van der Waals surface area contributed by atoms with Crippen molar-refractivity contribution in [3.05, 3.63) is 22.8 Å². The van der Waals surface area contributed by atoms with Gasteiger partial charge in [-0.15, -0.1) is 0 Å². The summed E-state index contributed by atoms with van der Waals surface area (Å²) in [5.41, 5.74) is 1.12. The van der Waals surface area contributed by atoms with Crippen LogP contribution in [0.2, 0.25) is 5.02 Å². The number of aromatic nitrogens is 1. The fourth-order valence-electron chi connectivity index (χ4n) is 2.08. The van der Waals surface area contributed by atoms with Gasteiger partial charge < -0.3 is 15.0 Å². The number of morpholine rings is 1. The lowest BCUT2D eigenvalue weighted by molar-refractivity contribution is 0.0529. The zero-order chi connectivity index (χ0) is 13.0. The first kappa shape index (κ1) is 13.6. The second kappa shape index (κ2) is 6.36. The average Bonchev–Trinajstić information content (AvgIpc) is 2.36. The van der Waals surface area contributed by atoms with E-state index in [1.165, 1.54) is 0 Å². The van der Waals surface area contributed by atoms with Crippen molar-refractivity contribution in [3.8, 4) is 0 Å². The molecular weight excluding hydrogens is 250 g/mol. The van der Waals surface area contributed by atoms with Gasteiger partial charge in [-0.25, -0.2) is 4.98 Å². The van der Waals surface area contributed by atoms with Crippen LogP contribution in [0.3, 0.4) is 0 Å². The predicted molar refractivity (Wildman–Crippen MR) is 74.3 cm³/mol. The van der Waals surface area contributed by atoms with Crippen LogP contribution in [0.1, 0.15) is 19.4 Å². The highest BCUT2D eigenvalue weighted by Gasteiger charge is 2.20. The summed E-state index contributed by atoms with van der Waals surface area (Å²) in [6.07, 6.45) is 2.13. The summed E-state index contributed by atoms with van der Waals surface area (Å²) in [7, 11) is 0. The van der Waals surface area contributed by atoms with E-state index in [0.717, 1.165) is 49.2 Å². The molecule has 0 spiro atoms. The molecule has 0 aromatic carbocycles. The Morgan fingerprint density at radius 3 is 3.11 bits per heavy atom. The van der Waals surface area contributed by atoms with E-state index in [4.69, 9.17) is 16.3 Å². The molecule has 5 heteroatoms. The summed E-state index contributed by atoms with van der Waals surface area (Å²) in [5.74, 6) is 0.868. The van der Waals surface area contributed by atoms with Gasteiger partial charge in [-0.1, -0.05) is 18.5 Å². The van der Waals surface area contributed by atoms with Gasteiger partial charge in [-0.2, -0.15) is 0 Å². The lowest BCUT2D eigenvalue weighted by atomic mass is 10.2. The second-order valence-electron chi connectivity index (χ2n) is 4.56. The van der Waals surface area contributed by atoms with Crippen LogP contribution in [0.4, 0.5) is 5.82 Å². The Bertz CT molecular complexity index is 400. The fraction of sp³-hybridized carbons (Fsp3) is 0.615. The molecule has 18 heavy (non-hydrogen) atoms. The molecule has 0 aliphatic carbocycles. The standard InChI is InChI=1S/C13H20ClN3O/c1-3-15-7-11-6-12(14)13(16-8-11)17-4-5-18-10(2)9-17/h6,8,10,15H,3-5,7,9H2,1-2H3. The summed E-state index contributed by atoms with van der Waals surface area (Å²) in [4.78, 5) is 6.68. The minimum absolute atomic E-state index is 0.234. The monoisotopic (exact) mass is 269 g/mol. The Balaban J connectivity index is 2.08. The minimum atomic E-state index is 0.234. The molecular formula is C13H20ClN3O. The van der Waals surface area contributed by atoms with E-state index >= 15 is 0 Å². The maximum absolute atomic E-state index is 6.32. The van der Waals surface area contributed by atoms with Crippen LogP contribution in [-0.4, -0.2) is 37.3 Å². The minimum Gasteiger partial charge on any atom is -0.375 e. The molecule has 1 aromatic heterocycles. The molecule has 1 aromatic rings. The molecule has 1 aliphatic rings. The molecule has 1 fully saturated rings. The van der Waals surface area contributed by atoms with Crippen molar-refractivity contribution in [2.24, 2.45) is 0 Å². The first-order chi connectivity index (χ1) is 8.70. The van der Waals surface area contributed by atoms with Gasteiger partial charge in [-0.3, -0.25) is 0 Å². The lowest BCUT2D eigenvalue weighted by Crippen LogP contribution is -2.41. The fourth-order valence-corrected chi connectivity index (χ4v) is 2.39. The third kappa shape index (κ3) is 3.34. The largest absolute Gasteiger partial charge is 0.375 e. The highest BCUT2D eigenvalue weighted by Crippen LogP contribution is 2.25. The Morgan fingerprint density at radius 2 is 2.44 bits per heavy atom. The lowest BCUT2D eigenvalue weighted by Gasteiger charge is -2.32.